The maximum atomic E-state index is 12.0. The first-order valence-corrected chi connectivity index (χ1v) is 7.59. The molecule has 0 spiro atoms. The largest absolute Gasteiger partial charge is 0.383 e. The Morgan fingerprint density at radius 1 is 1.63 bits per heavy atom. The molecule has 1 N–H and O–H groups in total. The van der Waals surface area contributed by atoms with E-state index in [-0.39, 0.29) is 5.56 Å². The van der Waals surface area contributed by atoms with E-state index in [0.717, 1.165) is 44.7 Å². The van der Waals surface area contributed by atoms with E-state index in [9.17, 15) is 4.79 Å². The molecule has 1 aliphatic rings. The van der Waals surface area contributed by atoms with Gasteiger partial charge in [0.25, 0.3) is 5.56 Å². The summed E-state index contributed by atoms with van der Waals surface area (Å²) in [6.07, 6.45) is 4.81. The standard InChI is InChI=1S/C13H20BrN3O2/c1-2-6-17-13(18)12(14)11(8-16-17)15-5-3-10-4-7-19-9-10/h8,10,15H,2-7,9H2,1H3. The average Bonchev–Trinajstić information content (AvgIpc) is 2.91. The van der Waals surface area contributed by atoms with Crippen LogP contribution in [-0.2, 0) is 11.3 Å². The van der Waals surface area contributed by atoms with Crippen LogP contribution in [0, 0.1) is 5.92 Å². The Morgan fingerprint density at radius 2 is 2.47 bits per heavy atom. The van der Waals surface area contributed by atoms with Crippen LogP contribution in [0.3, 0.4) is 0 Å². The first-order chi connectivity index (χ1) is 9.22. The summed E-state index contributed by atoms with van der Waals surface area (Å²) < 4.78 is 7.40. The number of ether oxygens (including phenoxy) is 1. The van der Waals surface area contributed by atoms with Gasteiger partial charge in [0.15, 0.2) is 0 Å². The molecule has 5 nitrogen and oxygen atoms in total. The molecule has 106 valence electrons. The van der Waals surface area contributed by atoms with Gasteiger partial charge in [-0.05, 0) is 41.1 Å². The van der Waals surface area contributed by atoms with Gasteiger partial charge in [-0.3, -0.25) is 4.79 Å². The Balaban J connectivity index is 1.92. The number of halogens is 1. The number of hydrogen-bond acceptors (Lipinski definition) is 4. The van der Waals surface area contributed by atoms with Gasteiger partial charge < -0.3 is 10.1 Å². The molecular weight excluding hydrogens is 310 g/mol. The predicted octanol–water partition coefficient (Wildman–Crippen LogP) is 2.25. The van der Waals surface area contributed by atoms with Gasteiger partial charge in [-0.15, -0.1) is 0 Å². The fourth-order valence-corrected chi connectivity index (χ4v) is 2.63. The van der Waals surface area contributed by atoms with Crippen LogP contribution < -0.4 is 10.9 Å². The number of rotatable bonds is 6. The minimum absolute atomic E-state index is 0.0731. The Labute approximate surface area is 121 Å². The summed E-state index contributed by atoms with van der Waals surface area (Å²) in [5.74, 6) is 0.639. The normalized spacial score (nSPS) is 18.7. The molecule has 1 atom stereocenters. The molecule has 1 aliphatic heterocycles. The number of nitrogens with one attached hydrogen (secondary N) is 1. The summed E-state index contributed by atoms with van der Waals surface area (Å²) >= 11 is 3.35. The molecule has 0 amide bonds. The lowest BCUT2D eigenvalue weighted by atomic mass is 10.1. The minimum atomic E-state index is -0.0731. The second-order valence-corrected chi connectivity index (χ2v) is 5.64. The number of hydrogen-bond donors (Lipinski definition) is 1. The zero-order valence-corrected chi connectivity index (χ0v) is 12.8. The van der Waals surface area contributed by atoms with E-state index < -0.39 is 0 Å². The summed E-state index contributed by atoms with van der Waals surface area (Å²) in [6.45, 7) is 5.25. The van der Waals surface area contributed by atoms with Crippen molar-refractivity contribution in [2.75, 3.05) is 25.1 Å². The van der Waals surface area contributed by atoms with Gasteiger partial charge in [0.1, 0.15) is 4.47 Å². The minimum Gasteiger partial charge on any atom is -0.383 e. The Bertz CT molecular complexity index is 469. The van der Waals surface area contributed by atoms with Crippen molar-refractivity contribution in [3.63, 3.8) is 0 Å². The molecule has 6 heteroatoms. The predicted molar refractivity (Wildman–Crippen MR) is 78.5 cm³/mol. The molecule has 0 aromatic carbocycles. The van der Waals surface area contributed by atoms with E-state index in [2.05, 4.69) is 26.3 Å². The molecule has 0 saturated carbocycles. The molecule has 2 rings (SSSR count). The van der Waals surface area contributed by atoms with E-state index >= 15 is 0 Å². The fourth-order valence-electron chi connectivity index (χ4n) is 2.18. The molecule has 0 aliphatic carbocycles. The number of aromatic nitrogens is 2. The van der Waals surface area contributed by atoms with Crippen LogP contribution in [0.1, 0.15) is 26.2 Å². The zero-order valence-electron chi connectivity index (χ0n) is 11.2. The smallest absolute Gasteiger partial charge is 0.283 e. The number of nitrogens with zero attached hydrogens (tertiary/aromatic N) is 2. The van der Waals surface area contributed by atoms with Crippen molar-refractivity contribution in [1.29, 1.82) is 0 Å². The van der Waals surface area contributed by atoms with Gasteiger partial charge in [0.2, 0.25) is 0 Å². The van der Waals surface area contributed by atoms with Gasteiger partial charge >= 0.3 is 0 Å². The van der Waals surface area contributed by atoms with Gasteiger partial charge in [-0.1, -0.05) is 6.92 Å². The first kappa shape index (κ1) is 14.5. The summed E-state index contributed by atoms with van der Waals surface area (Å²) in [7, 11) is 0. The third-order valence-corrected chi connectivity index (χ3v) is 4.08. The van der Waals surface area contributed by atoms with Crippen LogP contribution in [0.4, 0.5) is 5.69 Å². The molecular formula is C13H20BrN3O2. The molecule has 2 heterocycles. The van der Waals surface area contributed by atoms with E-state index in [1.807, 2.05) is 6.92 Å². The van der Waals surface area contributed by atoms with Gasteiger partial charge in [-0.2, -0.15) is 5.10 Å². The van der Waals surface area contributed by atoms with Crippen molar-refractivity contribution in [3.8, 4) is 0 Å². The quantitative estimate of drug-likeness (QED) is 0.869. The fraction of sp³-hybridized carbons (Fsp3) is 0.692. The second kappa shape index (κ2) is 7.05. The summed E-state index contributed by atoms with van der Waals surface area (Å²) in [5.41, 5.74) is 0.701. The lowest BCUT2D eigenvalue weighted by Gasteiger charge is -2.11. The third kappa shape index (κ3) is 3.79. The van der Waals surface area contributed by atoms with Crippen molar-refractivity contribution in [1.82, 2.24) is 9.78 Å². The average molecular weight is 330 g/mol. The summed E-state index contributed by atoms with van der Waals surface area (Å²) in [6, 6.07) is 0. The number of anilines is 1. The Kier molecular flexibility index (Phi) is 5.39. The van der Waals surface area contributed by atoms with Gasteiger partial charge in [0.05, 0.1) is 11.9 Å². The van der Waals surface area contributed by atoms with Crippen molar-refractivity contribution in [2.24, 2.45) is 5.92 Å². The molecule has 1 unspecified atom stereocenters. The number of aryl methyl sites for hydroxylation is 1. The molecule has 1 fully saturated rings. The molecule has 1 aromatic heterocycles. The van der Waals surface area contributed by atoms with Crippen LogP contribution in [0.15, 0.2) is 15.5 Å². The lowest BCUT2D eigenvalue weighted by Crippen LogP contribution is -2.24. The molecule has 0 radical (unpaired) electrons. The molecule has 19 heavy (non-hydrogen) atoms. The third-order valence-electron chi connectivity index (χ3n) is 3.31. The molecule has 1 saturated heterocycles. The second-order valence-electron chi connectivity index (χ2n) is 4.85. The highest BCUT2D eigenvalue weighted by molar-refractivity contribution is 9.10. The van der Waals surface area contributed by atoms with E-state index in [1.54, 1.807) is 6.20 Å². The SMILES string of the molecule is CCCn1ncc(NCCC2CCOC2)c(Br)c1=O. The highest BCUT2D eigenvalue weighted by atomic mass is 79.9. The van der Waals surface area contributed by atoms with Crippen molar-refractivity contribution in [3.05, 3.63) is 21.0 Å². The van der Waals surface area contributed by atoms with Crippen LogP contribution in [0.2, 0.25) is 0 Å². The van der Waals surface area contributed by atoms with Crippen LogP contribution in [-0.4, -0.2) is 29.5 Å². The first-order valence-electron chi connectivity index (χ1n) is 6.79. The highest BCUT2D eigenvalue weighted by Gasteiger charge is 2.15. The Hall–Kier alpha value is -0.880. The zero-order chi connectivity index (χ0) is 13.7. The lowest BCUT2D eigenvalue weighted by molar-refractivity contribution is 0.185. The van der Waals surface area contributed by atoms with E-state index in [0.29, 0.717) is 16.9 Å². The van der Waals surface area contributed by atoms with Gasteiger partial charge in [0, 0.05) is 26.3 Å². The molecule has 1 aromatic rings. The maximum Gasteiger partial charge on any atom is 0.283 e. The summed E-state index contributed by atoms with van der Waals surface area (Å²) in [4.78, 5) is 12.0. The molecule has 0 bridgehead atoms. The monoisotopic (exact) mass is 329 g/mol. The topological polar surface area (TPSA) is 56.1 Å². The van der Waals surface area contributed by atoms with Crippen LogP contribution >= 0.6 is 15.9 Å². The van der Waals surface area contributed by atoms with Crippen molar-refractivity contribution in [2.45, 2.75) is 32.7 Å². The highest BCUT2D eigenvalue weighted by Crippen LogP contribution is 2.19. The van der Waals surface area contributed by atoms with Crippen molar-refractivity contribution >= 4 is 21.6 Å². The van der Waals surface area contributed by atoms with E-state index in [1.165, 1.54) is 4.68 Å². The maximum absolute atomic E-state index is 12.0. The van der Waals surface area contributed by atoms with Gasteiger partial charge in [-0.25, -0.2) is 4.68 Å². The van der Waals surface area contributed by atoms with Crippen LogP contribution in [0.25, 0.3) is 0 Å². The van der Waals surface area contributed by atoms with E-state index in [4.69, 9.17) is 4.74 Å². The Morgan fingerprint density at radius 3 is 3.16 bits per heavy atom. The summed E-state index contributed by atoms with van der Waals surface area (Å²) in [5, 5.41) is 7.44. The van der Waals surface area contributed by atoms with Crippen molar-refractivity contribution < 1.29 is 4.74 Å². The van der Waals surface area contributed by atoms with Crippen LogP contribution in [0.5, 0.6) is 0 Å².